The zero-order valence-corrected chi connectivity index (χ0v) is 12.6. The van der Waals surface area contributed by atoms with Gasteiger partial charge in [-0.3, -0.25) is 0 Å². The fraction of sp³-hybridized carbons (Fsp3) is 0.357. The lowest BCUT2D eigenvalue weighted by Gasteiger charge is -2.17. The van der Waals surface area contributed by atoms with E-state index in [2.05, 4.69) is 17.2 Å². The number of halogens is 1. The topological polar surface area (TPSA) is 34.1 Å². The molecule has 102 valence electrons. The molecule has 19 heavy (non-hydrogen) atoms. The summed E-state index contributed by atoms with van der Waals surface area (Å²) in [5, 5.41) is 7.16. The summed E-state index contributed by atoms with van der Waals surface area (Å²) in [5.41, 5.74) is 1.11. The lowest BCUT2D eigenvalue weighted by atomic mass is 10.1. The van der Waals surface area contributed by atoms with Crippen LogP contribution in [0.4, 0.5) is 0 Å². The Labute approximate surface area is 122 Å². The average molecular weight is 297 g/mol. The van der Waals surface area contributed by atoms with Gasteiger partial charge in [-0.1, -0.05) is 24.6 Å². The molecule has 0 aliphatic carbocycles. The predicted molar refractivity (Wildman–Crippen MR) is 80.3 cm³/mol. The summed E-state index contributed by atoms with van der Waals surface area (Å²) in [4.78, 5) is 4.40. The molecule has 0 saturated heterocycles. The molecule has 0 aliphatic rings. The van der Waals surface area contributed by atoms with Crippen molar-refractivity contribution in [2.24, 2.45) is 0 Å². The Kier molecular flexibility index (Phi) is 5.19. The third-order valence-corrected chi connectivity index (χ3v) is 3.94. The number of hydrogen-bond acceptors (Lipinski definition) is 4. The van der Waals surface area contributed by atoms with Crippen LogP contribution in [-0.2, 0) is 0 Å². The number of hydrogen-bond donors (Lipinski definition) is 1. The van der Waals surface area contributed by atoms with E-state index >= 15 is 0 Å². The summed E-state index contributed by atoms with van der Waals surface area (Å²) in [6, 6.07) is 5.95. The highest BCUT2D eigenvalue weighted by molar-refractivity contribution is 7.09. The van der Waals surface area contributed by atoms with Crippen molar-refractivity contribution in [1.29, 1.82) is 0 Å². The number of aromatic nitrogens is 1. The highest BCUT2D eigenvalue weighted by Crippen LogP contribution is 2.30. The van der Waals surface area contributed by atoms with Crippen LogP contribution >= 0.6 is 22.9 Å². The molecular formula is C14H17ClN2OS. The lowest BCUT2D eigenvalue weighted by Crippen LogP contribution is -2.23. The quantitative estimate of drug-likeness (QED) is 0.878. The first-order valence-corrected chi connectivity index (χ1v) is 7.48. The molecule has 1 atom stereocenters. The molecule has 1 N–H and O–H groups in total. The number of rotatable bonds is 6. The molecule has 0 amide bonds. The molecule has 0 radical (unpaired) electrons. The molecule has 0 saturated carbocycles. The SMILES string of the molecule is CCCNC(c1ccc(OC)c(Cl)c1)c1nccs1. The molecule has 0 fully saturated rings. The fourth-order valence-electron chi connectivity index (χ4n) is 1.88. The molecule has 0 aliphatic heterocycles. The van der Waals surface area contributed by atoms with Crippen LogP contribution in [0, 0.1) is 0 Å². The minimum Gasteiger partial charge on any atom is -0.495 e. The third kappa shape index (κ3) is 3.47. The zero-order valence-electron chi connectivity index (χ0n) is 11.0. The van der Waals surface area contributed by atoms with E-state index in [1.54, 1.807) is 18.4 Å². The van der Waals surface area contributed by atoms with Crippen LogP contribution < -0.4 is 10.1 Å². The van der Waals surface area contributed by atoms with Crippen molar-refractivity contribution in [3.8, 4) is 5.75 Å². The Morgan fingerprint density at radius 2 is 2.32 bits per heavy atom. The van der Waals surface area contributed by atoms with Crippen LogP contribution in [0.15, 0.2) is 29.8 Å². The monoisotopic (exact) mass is 296 g/mol. The van der Waals surface area contributed by atoms with Crippen molar-refractivity contribution in [2.45, 2.75) is 19.4 Å². The third-order valence-electron chi connectivity index (χ3n) is 2.81. The summed E-state index contributed by atoms with van der Waals surface area (Å²) in [7, 11) is 1.62. The van der Waals surface area contributed by atoms with Gasteiger partial charge in [-0.15, -0.1) is 11.3 Å². The summed E-state index contributed by atoms with van der Waals surface area (Å²) >= 11 is 7.84. The van der Waals surface area contributed by atoms with E-state index in [1.807, 2.05) is 29.8 Å². The first-order valence-electron chi connectivity index (χ1n) is 6.22. The van der Waals surface area contributed by atoms with Gasteiger partial charge in [-0.25, -0.2) is 4.98 Å². The first kappa shape index (κ1) is 14.3. The zero-order chi connectivity index (χ0) is 13.7. The van der Waals surface area contributed by atoms with Gasteiger partial charge in [0, 0.05) is 11.6 Å². The Bertz CT molecular complexity index is 516. The summed E-state index contributed by atoms with van der Waals surface area (Å²) in [6.07, 6.45) is 2.90. The number of nitrogens with zero attached hydrogens (tertiary/aromatic N) is 1. The number of nitrogens with one attached hydrogen (secondary N) is 1. The maximum Gasteiger partial charge on any atom is 0.137 e. The maximum absolute atomic E-state index is 6.20. The van der Waals surface area contributed by atoms with Gasteiger partial charge in [0.1, 0.15) is 10.8 Å². The second-order valence-corrected chi connectivity index (χ2v) is 5.48. The van der Waals surface area contributed by atoms with Crippen LogP contribution in [0.1, 0.15) is 30.0 Å². The minimum absolute atomic E-state index is 0.0864. The van der Waals surface area contributed by atoms with Crippen molar-refractivity contribution in [2.75, 3.05) is 13.7 Å². The summed E-state index contributed by atoms with van der Waals surface area (Å²) < 4.78 is 5.19. The van der Waals surface area contributed by atoms with E-state index in [1.165, 1.54) is 0 Å². The maximum atomic E-state index is 6.20. The van der Waals surface area contributed by atoms with Gasteiger partial charge >= 0.3 is 0 Å². The second-order valence-electron chi connectivity index (χ2n) is 4.15. The van der Waals surface area contributed by atoms with Gasteiger partial charge in [-0.2, -0.15) is 0 Å². The van der Waals surface area contributed by atoms with Crippen molar-refractivity contribution in [3.05, 3.63) is 45.4 Å². The van der Waals surface area contributed by atoms with Gasteiger partial charge < -0.3 is 10.1 Å². The summed E-state index contributed by atoms with van der Waals surface area (Å²) in [5.74, 6) is 0.693. The van der Waals surface area contributed by atoms with Gasteiger partial charge in [0.2, 0.25) is 0 Å². The van der Waals surface area contributed by atoms with Crippen LogP contribution in [0.5, 0.6) is 5.75 Å². The van der Waals surface area contributed by atoms with Crippen molar-refractivity contribution >= 4 is 22.9 Å². The fourth-order valence-corrected chi connectivity index (χ4v) is 2.88. The van der Waals surface area contributed by atoms with Gasteiger partial charge in [-0.05, 0) is 30.7 Å². The van der Waals surface area contributed by atoms with Gasteiger partial charge in [0.05, 0.1) is 18.2 Å². The molecule has 1 aromatic heterocycles. The number of methoxy groups -OCH3 is 1. The molecule has 0 spiro atoms. The lowest BCUT2D eigenvalue weighted by molar-refractivity contribution is 0.414. The van der Waals surface area contributed by atoms with E-state index in [4.69, 9.17) is 16.3 Å². The molecule has 0 bridgehead atoms. The molecule has 1 unspecified atom stereocenters. The number of ether oxygens (including phenoxy) is 1. The largest absolute Gasteiger partial charge is 0.495 e. The molecule has 1 heterocycles. The molecule has 2 aromatic rings. The Morgan fingerprint density at radius 3 is 2.89 bits per heavy atom. The minimum atomic E-state index is 0.0864. The number of thiazole rings is 1. The Morgan fingerprint density at radius 1 is 1.47 bits per heavy atom. The Hall–Kier alpha value is -1.10. The Balaban J connectivity index is 2.30. The van der Waals surface area contributed by atoms with Crippen LogP contribution in [0.25, 0.3) is 0 Å². The van der Waals surface area contributed by atoms with Gasteiger partial charge in [0.15, 0.2) is 0 Å². The van der Waals surface area contributed by atoms with E-state index in [0.29, 0.717) is 10.8 Å². The molecule has 5 heteroatoms. The van der Waals surface area contributed by atoms with E-state index in [9.17, 15) is 0 Å². The van der Waals surface area contributed by atoms with E-state index < -0.39 is 0 Å². The predicted octanol–water partition coefficient (Wildman–Crippen LogP) is 3.89. The molecule has 3 nitrogen and oxygen atoms in total. The average Bonchev–Trinajstić information content (AvgIpc) is 2.93. The first-order chi connectivity index (χ1) is 9.26. The van der Waals surface area contributed by atoms with E-state index in [-0.39, 0.29) is 6.04 Å². The number of benzene rings is 1. The standard InChI is InChI=1S/C14H17ClN2OS/c1-3-6-16-13(14-17-7-8-19-14)10-4-5-12(18-2)11(15)9-10/h4-5,7-9,13,16H,3,6H2,1-2H3. The van der Waals surface area contributed by atoms with Crippen molar-refractivity contribution in [1.82, 2.24) is 10.3 Å². The molecule has 2 rings (SSSR count). The van der Waals surface area contributed by atoms with Crippen molar-refractivity contribution < 1.29 is 4.74 Å². The van der Waals surface area contributed by atoms with Gasteiger partial charge in [0.25, 0.3) is 0 Å². The van der Waals surface area contributed by atoms with E-state index in [0.717, 1.165) is 23.5 Å². The molecule has 1 aromatic carbocycles. The normalized spacial score (nSPS) is 12.4. The second kappa shape index (κ2) is 6.89. The van der Waals surface area contributed by atoms with Crippen molar-refractivity contribution in [3.63, 3.8) is 0 Å². The summed E-state index contributed by atoms with van der Waals surface area (Å²) in [6.45, 7) is 3.08. The van der Waals surface area contributed by atoms with Crippen LogP contribution in [0.2, 0.25) is 5.02 Å². The highest BCUT2D eigenvalue weighted by atomic mass is 35.5. The highest BCUT2D eigenvalue weighted by Gasteiger charge is 2.17. The van der Waals surface area contributed by atoms with Crippen LogP contribution in [-0.4, -0.2) is 18.6 Å². The van der Waals surface area contributed by atoms with Crippen LogP contribution in [0.3, 0.4) is 0 Å². The molecular weight excluding hydrogens is 280 g/mol. The smallest absolute Gasteiger partial charge is 0.137 e.